The Hall–Kier alpha value is -0.860. The van der Waals surface area contributed by atoms with Crippen molar-refractivity contribution in [3.8, 4) is 0 Å². The SMILES string of the molecule is Cc1cc(C2=C(c3cc(C)sc3C)C2)c(C)s1. The summed E-state index contributed by atoms with van der Waals surface area (Å²) in [6.45, 7) is 8.87. The molecule has 0 saturated heterocycles. The maximum absolute atomic E-state index is 2.34. The first-order valence-corrected chi connectivity index (χ1v) is 7.56. The van der Waals surface area contributed by atoms with Crippen molar-refractivity contribution in [1.82, 2.24) is 0 Å². The third kappa shape index (κ3) is 1.90. The standard InChI is InChI=1S/C15H16S2/c1-8-5-12(10(3)16-8)14-7-15(14)13-6-9(2)17-11(13)4/h5-6H,7H2,1-4H3. The number of thiophene rings is 2. The second-order valence-electron chi connectivity index (χ2n) is 4.79. The van der Waals surface area contributed by atoms with Crippen LogP contribution in [0.15, 0.2) is 12.1 Å². The Labute approximate surface area is 111 Å². The highest BCUT2D eigenvalue weighted by Crippen LogP contribution is 2.51. The van der Waals surface area contributed by atoms with Gasteiger partial charge in [0.25, 0.3) is 0 Å². The molecule has 1 aliphatic rings. The minimum absolute atomic E-state index is 1.19. The van der Waals surface area contributed by atoms with E-state index in [0.29, 0.717) is 0 Å². The number of rotatable bonds is 2. The molecule has 1 aliphatic carbocycles. The highest BCUT2D eigenvalue weighted by Gasteiger charge is 2.28. The summed E-state index contributed by atoms with van der Waals surface area (Å²) >= 11 is 3.83. The molecule has 2 heterocycles. The van der Waals surface area contributed by atoms with E-state index in [1.54, 1.807) is 11.1 Å². The van der Waals surface area contributed by atoms with E-state index in [0.717, 1.165) is 0 Å². The fourth-order valence-electron chi connectivity index (χ4n) is 2.51. The molecule has 0 aromatic carbocycles. The highest BCUT2D eigenvalue weighted by molar-refractivity contribution is 7.12. The lowest BCUT2D eigenvalue weighted by Crippen LogP contribution is -1.71. The first kappa shape index (κ1) is 11.2. The van der Waals surface area contributed by atoms with Gasteiger partial charge in [0.15, 0.2) is 0 Å². The van der Waals surface area contributed by atoms with Gasteiger partial charge < -0.3 is 0 Å². The molecule has 2 aromatic heterocycles. The van der Waals surface area contributed by atoms with Gasteiger partial charge in [-0.1, -0.05) is 0 Å². The van der Waals surface area contributed by atoms with Crippen LogP contribution in [0.25, 0.3) is 11.1 Å². The molecule has 0 spiro atoms. The van der Waals surface area contributed by atoms with Crippen LogP contribution in [-0.4, -0.2) is 0 Å². The van der Waals surface area contributed by atoms with Crippen LogP contribution in [0, 0.1) is 27.7 Å². The third-order valence-electron chi connectivity index (χ3n) is 3.33. The zero-order chi connectivity index (χ0) is 12.2. The van der Waals surface area contributed by atoms with E-state index >= 15 is 0 Å². The highest BCUT2D eigenvalue weighted by atomic mass is 32.1. The molecule has 3 rings (SSSR count). The number of allylic oxidation sites excluding steroid dienone is 2. The Morgan fingerprint density at radius 1 is 0.765 bits per heavy atom. The third-order valence-corrected chi connectivity index (χ3v) is 5.26. The van der Waals surface area contributed by atoms with Crippen LogP contribution in [0.4, 0.5) is 0 Å². The quantitative estimate of drug-likeness (QED) is 0.682. The van der Waals surface area contributed by atoms with E-state index < -0.39 is 0 Å². The van der Waals surface area contributed by atoms with Crippen molar-refractivity contribution < 1.29 is 0 Å². The summed E-state index contributed by atoms with van der Waals surface area (Å²) in [5.74, 6) is 0. The smallest absolute Gasteiger partial charge is 0.00923 e. The number of aryl methyl sites for hydroxylation is 4. The monoisotopic (exact) mass is 260 g/mol. The van der Waals surface area contributed by atoms with E-state index in [1.807, 2.05) is 22.7 Å². The minimum Gasteiger partial charge on any atom is -0.145 e. The zero-order valence-electron chi connectivity index (χ0n) is 10.7. The average Bonchev–Trinajstić information content (AvgIpc) is 2.85. The summed E-state index contributed by atoms with van der Waals surface area (Å²) < 4.78 is 0. The molecule has 0 N–H and O–H groups in total. The van der Waals surface area contributed by atoms with Crippen molar-refractivity contribution in [2.45, 2.75) is 34.1 Å². The van der Waals surface area contributed by atoms with Crippen LogP contribution in [-0.2, 0) is 0 Å². The van der Waals surface area contributed by atoms with Crippen LogP contribution in [0.2, 0.25) is 0 Å². The lowest BCUT2D eigenvalue weighted by Gasteiger charge is -1.90. The molecule has 88 valence electrons. The Morgan fingerprint density at radius 3 is 1.47 bits per heavy atom. The van der Waals surface area contributed by atoms with E-state index in [-0.39, 0.29) is 0 Å². The Bertz CT molecular complexity index is 569. The second-order valence-corrected chi connectivity index (χ2v) is 7.71. The van der Waals surface area contributed by atoms with Crippen molar-refractivity contribution in [2.75, 3.05) is 0 Å². The van der Waals surface area contributed by atoms with Gasteiger partial charge in [-0.3, -0.25) is 0 Å². The largest absolute Gasteiger partial charge is 0.145 e. The summed E-state index contributed by atoms with van der Waals surface area (Å²) in [6.07, 6.45) is 1.19. The van der Waals surface area contributed by atoms with Crippen LogP contribution >= 0.6 is 22.7 Å². The lowest BCUT2D eigenvalue weighted by molar-refractivity contribution is 1.52. The van der Waals surface area contributed by atoms with E-state index in [9.17, 15) is 0 Å². The van der Waals surface area contributed by atoms with Crippen molar-refractivity contribution in [1.29, 1.82) is 0 Å². The van der Waals surface area contributed by atoms with E-state index in [1.165, 1.54) is 37.1 Å². The van der Waals surface area contributed by atoms with Gasteiger partial charge in [-0.25, -0.2) is 0 Å². The van der Waals surface area contributed by atoms with Gasteiger partial charge in [-0.05, 0) is 68.5 Å². The van der Waals surface area contributed by atoms with E-state index in [2.05, 4.69) is 39.8 Å². The molecule has 0 fully saturated rings. The molecule has 0 saturated carbocycles. The first-order chi connectivity index (χ1) is 8.06. The minimum atomic E-state index is 1.19. The molecule has 0 amide bonds. The van der Waals surface area contributed by atoms with Gasteiger partial charge in [0.2, 0.25) is 0 Å². The predicted octanol–water partition coefficient (Wildman–Crippen LogP) is 5.36. The maximum Gasteiger partial charge on any atom is 0.00923 e. The van der Waals surface area contributed by atoms with Crippen molar-refractivity contribution in [3.63, 3.8) is 0 Å². The summed E-state index contributed by atoms with van der Waals surface area (Å²) in [5.41, 5.74) is 6.14. The fraction of sp³-hybridized carbons (Fsp3) is 0.333. The normalized spacial score (nSPS) is 14.6. The number of hydrogen-bond acceptors (Lipinski definition) is 2. The molecule has 2 heteroatoms. The summed E-state index contributed by atoms with van der Waals surface area (Å²) in [6, 6.07) is 4.69. The lowest BCUT2D eigenvalue weighted by atomic mass is 10.2. The topological polar surface area (TPSA) is 0 Å². The molecule has 2 aromatic rings. The molecule has 17 heavy (non-hydrogen) atoms. The number of hydrogen-bond donors (Lipinski definition) is 0. The van der Waals surface area contributed by atoms with Gasteiger partial charge in [-0.15, -0.1) is 22.7 Å². The molecule has 0 aliphatic heterocycles. The van der Waals surface area contributed by atoms with Crippen LogP contribution in [0.3, 0.4) is 0 Å². The summed E-state index contributed by atoms with van der Waals surface area (Å²) in [7, 11) is 0. The van der Waals surface area contributed by atoms with Gasteiger partial charge in [-0.2, -0.15) is 0 Å². The van der Waals surface area contributed by atoms with Gasteiger partial charge in [0, 0.05) is 19.5 Å². The van der Waals surface area contributed by atoms with Crippen molar-refractivity contribution in [3.05, 3.63) is 42.8 Å². The van der Waals surface area contributed by atoms with Crippen LogP contribution in [0.1, 0.15) is 37.1 Å². The summed E-state index contributed by atoms with van der Waals surface area (Å²) in [4.78, 5) is 5.79. The molecule has 0 bridgehead atoms. The molecular weight excluding hydrogens is 244 g/mol. The van der Waals surface area contributed by atoms with Crippen molar-refractivity contribution in [2.24, 2.45) is 0 Å². The van der Waals surface area contributed by atoms with Crippen LogP contribution < -0.4 is 0 Å². The summed E-state index contributed by atoms with van der Waals surface area (Å²) in [5, 5.41) is 0. The fourth-order valence-corrected chi connectivity index (χ4v) is 4.41. The van der Waals surface area contributed by atoms with Gasteiger partial charge >= 0.3 is 0 Å². The molecule has 0 nitrogen and oxygen atoms in total. The average molecular weight is 260 g/mol. The molecular formula is C15H16S2. The first-order valence-electron chi connectivity index (χ1n) is 5.93. The Balaban J connectivity index is 2.04. The molecule has 0 radical (unpaired) electrons. The zero-order valence-corrected chi connectivity index (χ0v) is 12.3. The van der Waals surface area contributed by atoms with Gasteiger partial charge in [0.05, 0.1) is 0 Å². The Morgan fingerprint density at radius 2 is 1.18 bits per heavy atom. The maximum atomic E-state index is 2.34. The second kappa shape index (κ2) is 3.82. The Kier molecular flexibility index (Phi) is 2.53. The van der Waals surface area contributed by atoms with Crippen molar-refractivity contribution >= 4 is 33.8 Å². The van der Waals surface area contributed by atoms with E-state index in [4.69, 9.17) is 0 Å². The predicted molar refractivity (Wildman–Crippen MR) is 79.0 cm³/mol. The molecule has 0 unspecified atom stereocenters. The van der Waals surface area contributed by atoms with Crippen LogP contribution in [0.5, 0.6) is 0 Å². The van der Waals surface area contributed by atoms with Gasteiger partial charge in [0.1, 0.15) is 0 Å². The molecule has 0 atom stereocenters.